The molecule has 2 aromatic heterocycles. The third kappa shape index (κ3) is 4.14. The topological polar surface area (TPSA) is 85.4 Å². The normalized spacial score (nSPS) is 12.3. The number of hydrogen-bond acceptors (Lipinski definition) is 6. The van der Waals surface area contributed by atoms with Crippen molar-refractivity contribution in [2.45, 2.75) is 6.54 Å². The highest BCUT2D eigenvalue weighted by molar-refractivity contribution is 6.04. The van der Waals surface area contributed by atoms with Gasteiger partial charge in [0.05, 0.1) is 17.8 Å². The average Bonchev–Trinajstić information content (AvgIpc) is 2.73. The van der Waals surface area contributed by atoms with Gasteiger partial charge in [-0.25, -0.2) is 4.98 Å². The molecule has 0 radical (unpaired) electrons. The Labute approximate surface area is 156 Å². The van der Waals surface area contributed by atoms with E-state index in [0.717, 1.165) is 5.69 Å². The van der Waals surface area contributed by atoms with Crippen molar-refractivity contribution < 1.29 is 14.3 Å². The van der Waals surface area contributed by atoms with Crippen LogP contribution in [0.15, 0.2) is 60.9 Å². The molecule has 2 N–H and O–H groups in total. The maximum Gasteiger partial charge on any atom is 0.257 e. The summed E-state index contributed by atoms with van der Waals surface area (Å²) in [5.41, 5.74) is 2.02. The van der Waals surface area contributed by atoms with Crippen LogP contribution in [0.3, 0.4) is 0 Å². The van der Waals surface area contributed by atoms with E-state index in [-0.39, 0.29) is 5.91 Å². The first-order valence-corrected chi connectivity index (χ1v) is 8.59. The predicted molar refractivity (Wildman–Crippen MR) is 101 cm³/mol. The monoisotopic (exact) mass is 362 g/mol. The summed E-state index contributed by atoms with van der Waals surface area (Å²) in [5, 5.41) is 6.02. The zero-order valence-electron chi connectivity index (χ0n) is 14.5. The molecule has 27 heavy (non-hydrogen) atoms. The van der Waals surface area contributed by atoms with Gasteiger partial charge in [0.15, 0.2) is 11.5 Å². The first-order chi connectivity index (χ1) is 13.3. The lowest BCUT2D eigenvalue weighted by Crippen LogP contribution is -2.16. The van der Waals surface area contributed by atoms with Crippen LogP contribution in [0.4, 0.5) is 11.5 Å². The van der Waals surface area contributed by atoms with Gasteiger partial charge in [-0.15, -0.1) is 0 Å². The van der Waals surface area contributed by atoms with Gasteiger partial charge in [-0.1, -0.05) is 6.07 Å². The van der Waals surface area contributed by atoms with Gasteiger partial charge in [0.2, 0.25) is 0 Å². The van der Waals surface area contributed by atoms with Gasteiger partial charge in [0, 0.05) is 24.1 Å². The van der Waals surface area contributed by atoms with Crippen LogP contribution < -0.4 is 20.1 Å². The van der Waals surface area contributed by atoms with Crippen LogP contribution in [-0.4, -0.2) is 29.1 Å². The van der Waals surface area contributed by atoms with Crippen molar-refractivity contribution >= 4 is 17.4 Å². The van der Waals surface area contributed by atoms with Gasteiger partial charge in [0.25, 0.3) is 5.91 Å². The van der Waals surface area contributed by atoms with Crippen molar-refractivity contribution in [3.63, 3.8) is 0 Å². The second kappa shape index (κ2) is 7.74. The molecule has 1 aliphatic rings. The number of anilines is 2. The van der Waals surface area contributed by atoms with Crippen molar-refractivity contribution in [3.8, 4) is 11.5 Å². The maximum atomic E-state index is 12.4. The lowest BCUT2D eigenvalue weighted by molar-refractivity contribution is 0.102. The quantitative estimate of drug-likeness (QED) is 0.725. The van der Waals surface area contributed by atoms with Crippen LogP contribution in [0, 0.1) is 0 Å². The summed E-state index contributed by atoms with van der Waals surface area (Å²) >= 11 is 0. The van der Waals surface area contributed by atoms with Crippen molar-refractivity contribution in [1.82, 2.24) is 9.97 Å². The van der Waals surface area contributed by atoms with E-state index in [2.05, 4.69) is 20.6 Å². The number of carbonyl (C=O) groups is 1. The Bertz CT molecular complexity index is 930. The molecule has 0 saturated carbocycles. The third-order valence-corrected chi connectivity index (χ3v) is 4.00. The molecule has 0 fully saturated rings. The Balaban J connectivity index is 1.37. The molecule has 0 spiro atoms. The molecule has 1 amide bonds. The number of pyridine rings is 2. The van der Waals surface area contributed by atoms with Crippen molar-refractivity contribution in [1.29, 1.82) is 0 Å². The Morgan fingerprint density at radius 1 is 1.00 bits per heavy atom. The van der Waals surface area contributed by atoms with Crippen LogP contribution in [0.5, 0.6) is 11.5 Å². The molecule has 0 aliphatic carbocycles. The smallest absolute Gasteiger partial charge is 0.257 e. The number of ether oxygens (including phenoxy) is 2. The largest absolute Gasteiger partial charge is 0.486 e. The van der Waals surface area contributed by atoms with E-state index in [4.69, 9.17) is 9.47 Å². The highest BCUT2D eigenvalue weighted by atomic mass is 16.6. The van der Waals surface area contributed by atoms with E-state index in [1.807, 2.05) is 18.2 Å². The Morgan fingerprint density at radius 3 is 2.67 bits per heavy atom. The Hall–Kier alpha value is -3.61. The number of fused-ring (bicyclic) bond motifs is 1. The molecule has 3 heterocycles. The molecule has 136 valence electrons. The van der Waals surface area contributed by atoms with Gasteiger partial charge < -0.3 is 20.1 Å². The first-order valence-electron chi connectivity index (χ1n) is 8.59. The number of benzene rings is 1. The number of aromatic nitrogens is 2. The summed E-state index contributed by atoms with van der Waals surface area (Å²) in [6.07, 6.45) is 3.28. The number of nitrogens with zero attached hydrogens (tertiary/aromatic N) is 2. The summed E-state index contributed by atoms with van der Waals surface area (Å²) in [7, 11) is 0. The molecule has 1 aromatic carbocycles. The van der Waals surface area contributed by atoms with Crippen LogP contribution in [0.2, 0.25) is 0 Å². The molecular weight excluding hydrogens is 344 g/mol. The van der Waals surface area contributed by atoms with Gasteiger partial charge >= 0.3 is 0 Å². The third-order valence-electron chi connectivity index (χ3n) is 4.00. The second-order valence-corrected chi connectivity index (χ2v) is 5.92. The van der Waals surface area contributed by atoms with Crippen LogP contribution in [-0.2, 0) is 6.54 Å². The Morgan fingerprint density at radius 2 is 1.89 bits per heavy atom. The summed E-state index contributed by atoms with van der Waals surface area (Å²) in [4.78, 5) is 20.9. The summed E-state index contributed by atoms with van der Waals surface area (Å²) < 4.78 is 11.0. The van der Waals surface area contributed by atoms with E-state index in [0.29, 0.717) is 48.3 Å². The average molecular weight is 362 g/mol. The zero-order chi connectivity index (χ0) is 18.5. The number of carbonyl (C=O) groups excluding carboxylic acids is 1. The molecule has 1 aliphatic heterocycles. The van der Waals surface area contributed by atoms with E-state index >= 15 is 0 Å². The maximum absolute atomic E-state index is 12.4. The summed E-state index contributed by atoms with van der Waals surface area (Å²) in [5.74, 6) is 1.75. The molecule has 7 nitrogen and oxygen atoms in total. The molecular formula is C20H18N4O3. The fourth-order valence-electron chi connectivity index (χ4n) is 2.64. The number of hydrogen-bond donors (Lipinski definition) is 2. The van der Waals surface area contributed by atoms with Crippen molar-refractivity contribution in [3.05, 3.63) is 72.2 Å². The summed E-state index contributed by atoms with van der Waals surface area (Å²) in [6, 6.07) is 14.5. The first kappa shape index (κ1) is 16.8. The highest BCUT2D eigenvalue weighted by Crippen LogP contribution is 2.32. The lowest BCUT2D eigenvalue weighted by Gasteiger charge is -2.19. The van der Waals surface area contributed by atoms with E-state index in [1.165, 1.54) is 6.20 Å². The minimum atomic E-state index is -0.240. The standard InChI is InChI=1S/C20H18N4O3/c25-20(24-15-5-6-17-18(11-15)27-10-9-26-17)14-4-7-19(22-12-14)23-13-16-3-1-2-8-21-16/h1-8,11-12H,9-10,13H2,(H,22,23)(H,24,25). The molecule has 0 bridgehead atoms. The molecule has 3 aromatic rings. The highest BCUT2D eigenvalue weighted by Gasteiger charge is 2.13. The van der Waals surface area contributed by atoms with Crippen molar-refractivity contribution in [2.24, 2.45) is 0 Å². The summed E-state index contributed by atoms with van der Waals surface area (Å²) in [6.45, 7) is 1.60. The fourth-order valence-corrected chi connectivity index (χ4v) is 2.64. The lowest BCUT2D eigenvalue weighted by atomic mass is 10.2. The van der Waals surface area contributed by atoms with Gasteiger partial charge in [0.1, 0.15) is 19.0 Å². The van der Waals surface area contributed by atoms with Crippen molar-refractivity contribution in [2.75, 3.05) is 23.8 Å². The van der Waals surface area contributed by atoms with E-state index in [9.17, 15) is 4.79 Å². The molecule has 0 saturated heterocycles. The fraction of sp³-hybridized carbons (Fsp3) is 0.150. The van der Waals surface area contributed by atoms with E-state index < -0.39 is 0 Å². The second-order valence-electron chi connectivity index (χ2n) is 5.92. The molecule has 0 unspecified atom stereocenters. The van der Waals surface area contributed by atoms with Crippen LogP contribution in [0.25, 0.3) is 0 Å². The van der Waals surface area contributed by atoms with Crippen LogP contribution in [0.1, 0.15) is 16.1 Å². The van der Waals surface area contributed by atoms with Gasteiger partial charge in [-0.3, -0.25) is 9.78 Å². The zero-order valence-corrected chi connectivity index (χ0v) is 14.5. The molecule has 7 heteroatoms. The van der Waals surface area contributed by atoms with Gasteiger partial charge in [-0.05, 0) is 36.4 Å². The molecule has 4 rings (SSSR count). The number of nitrogens with one attached hydrogen (secondary N) is 2. The molecule has 0 atom stereocenters. The minimum absolute atomic E-state index is 0.240. The predicted octanol–water partition coefficient (Wildman–Crippen LogP) is 3.11. The minimum Gasteiger partial charge on any atom is -0.486 e. The Kier molecular flexibility index (Phi) is 4.82. The number of rotatable bonds is 5. The van der Waals surface area contributed by atoms with Crippen LogP contribution >= 0.6 is 0 Å². The van der Waals surface area contributed by atoms with Gasteiger partial charge in [-0.2, -0.15) is 0 Å². The van der Waals surface area contributed by atoms with E-state index in [1.54, 1.807) is 36.5 Å². The number of amides is 1. The SMILES string of the molecule is O=C(Nc1ccc2c(c1)OCCO2)c1ccc(NCc2ccccn2)nc1.